The van der Waals surface area contributed by atoms with Crippen LogP contribution in [0.4, 0.5) is 5.69 Å². The predicted octanol–water partition coefficient (Wildman–Crippen LogP) is 3.32. The van der Waals surface area contributed by atoms with Crippen molar-refractivity contribution in [1.82, 2.24) is 9.21 Å². The molecule has 0 aliphatic carbocycles. The first-order chi connectivity index (χ1) is 13.7. The summed E-state index contributed by atoms with van der Waals surface area (Å²) in [6.45, 7) is 2.83. The summed E-state index contributed by atoms with van der Waals surface area (Å²) < 4.78 is 27.3. The van der Waals surface area contributed by atoms with Gasteiger partial charge in [0.1, 0.15) is 4.21 Å². The molecule has 0 saturated carbocycles. The summed E-state index contributed by atoms with van der Waals surface area (Å²) in [5.74, 6) is -0.0930. The Hall–Kier alpha value is -1.66. The van der Waals surface area contributed by atoms with E-state index in [-0.39, 0.29) is 28.9 Å². The van der Waals surface area contributed by atoms with Crippen molar-refractivity contribution >= 4 is 56.3 Å². The van der Waals surface area contributed by atoms with Gasteiger partial charge in [-0.1, -0.05) is 11.6 Å². The lowest BCUT2D eigenvalue weighted by molar-refractivity contribution is -0.384. The van der Waals surface area contributed by atoms with Crippen molar-refractivity contribution in [2.24, 2.45) is 0 Å². The van der Waals surface area contributed by atoms with E-state index in [1.165, 1.54) is 34.3 Å². The number of rotatable bonds is 6. The van der Waals surface area contributed by atoms with Crippen LogP contribution in [-0.2, 0) is 14.8 Å². The van der Waals surface area contributed by atoms with E-state index >= 15 is 0 Å². The molecular formula is C17H18ClN3O5S3. The maximum absolute atomic E-state index is 12.7. The minimum absolute atomic E-state index is 0.00214. The largest absolute Gasteiger partial charge is 0.339 e. The Bertz CT molecular complexity index is 1000. The molecule has 1 aliphatic rings. The fraction of sp³-hybridized carbons (Fsp3) is 0.353. The maximum Gasteiger partial charge on any atom is 0.269 e. The van der Waals surface area contributed by atoms with Crippen LogP contribution in [-0.4, -0.2) is 59.9 Å². The number of nitrogens with zero attached hydrogens (tertiary/aromatic N) is 3. The maximum atomic E-state index is 12.7. The summed E-state index contributed by atoms with van der Waals surface area (Å²) >= 11 is 8.17. The number of nitro groups is 1. The first kappa shape index (κ1) is 22.0. The SMILES string of the molecule is CC(Sc1ccc([N+](=O)[O-])cc1)C(=O)N1CCN(S(=O)(=O)c2ccc(Cl)s2)CC1. The van der Waals surface area contributed by atoms with Gasteiger partial charge in [0.05, 0.1) is 14.5 Å². The summed E-state index contributed by atoms with van der Waals surface area (Å²) in [4.78, 5) is 25.4. The molecule has 2 heterocycles. The monoisotopic (exact) mass is 475 g/mol. The highest BCUT2D eigenvalue weighted by Gasteiger charge is 2.32. The Kier molecular flexibility index (Phi) is 6.84. The van der Waals surface area contributed by atoms with Crippen LogP contribution >= 0.6 is 34.7 Å². The van der Waals surface area contributed by atoms with Crippen molar-refractivity contribution in [2.75, 3.05) is 26.2 Å². The van der Waals surface area contributed by atoms with Gasteiger partial charge in [0.2, 0.25) is 5.91 Å². The van der Waals surface area contributed by atoms with Gasteiger partial charge in [-0.2, -0.15) is 4.31 Å². The van der Waals surface area contributed by atoms with Crippen LogP contribution in [0, 0.1) is 10.1 Å². The third-order valence-corrected chi connectivity index (χ3v) is 9.10. The van der Waals surface area contributed by atoms with E-state index in [0.717, 1.165) is 16.2 Å². The first-order valence-corrected chi connectivity index (χ1v) is 12.2. The molecule has 1 aromatic heterocycles. The van der Waals surface area contributed by atoms with Crippen molar-refractivity contribution in [3.05, 3.63) is 50.8 Å². The lowest BCUT2D eigenvalue weighted by Gasteiger charge is -2.34. The first-order valence-electron chi connectivity index (χ1n) is 8.64. The van der Waals surface area contributed by atoms with Crippen LogP contribution in [0.3, 0.4) is 0 Å². The van der Waals surface area contributed by atoms with Crippen LogP contribution in [0.5, 0.6) is 0 Å². The number of non-ortho nitro benzene ring substituents is 1. The molecule has 12 heteroatoms. The van der Waals surface area contributed by atoms with Crippen LogP contribution < -0.4 is 0 Å². The fourth-order valence-corrected chi connectivity index (χ4v) is 6.88. The third-order valence-electron chi connectivity index (χ3n) is 4.40. The Labute approximate surface area is 181 Å². The quantitative estimate of drug-likeness (QED) is 0.361. The molecule has 1 unspecified atom stereocenters. The van der Waals surface area contributed by atoms with E-state index in [0.29, 0.717) is 17.4 Å². The van der Waals surface area contributed by atoms with Gasteiger partial charge in [0.15, 0.2) is 0 Å². The lowest BCUT2D eigenvalue weighted by atomic mass is 10.3. The van der Waals surface area contributed by atoms with E-state index in [4.69, 9.17) is 11.6 Å². The van der Waals surface area contributed by atoms with E-state index in [9.17, 15) is 23.3 Å². The Morgan fingerprint density at radius 3 is 2.31 bits per heavy atom. The molecule has 1 saturated heterocycles. The lowest BCUT2D eigenvalue weighted by Crippen LogP contribution is -2.52. The van der Waals surface area contributed by atoms with Gasteiger partial charge in [0.25, 0.3) is 15.7 Å². The molecule has 1 fully saturated rings. The molecule has 3 rings (SSSR count). The number of halogens is 1. The van der Waals surface area contributed by atoms with Crippen molar-refractivity contribution in [2.45, 2.75) is 21.3 Å². The summed E-state index contributed by atoms with van der Waals surface area (Å²) in [5, 5.41) is 10.3. The van der Waals surface area contributed by atoms with E-state index in [1.807, 2.05) is 0 Å². The number of nitro benzene ring substituents is 1. The fourth-order valence-electron chi connectivity index (χ4n) is 2.87. The highest BCUT2D eigenvalue weighted by atomic mass is 35.5. The van der Waals surface area contributed by atoms with Crippen LogP contribution in [0.15, 0.2) is 45.5 Å². The molecule has 0 spiro atoms. The second-order valence-corrected chi connectivity index (χ2v) is 11.6. The van der Waals surface area contributed by atoms with Crippen LogP contribution in [0.25, 0.3) is 0 Å². The van der Waals surface area contributed by atoms with Gasteiger partial charge in [-0.15, -0.1) is 23.1 Å². The number of sulfonamides is 1. The van der Waals surface area contributed by atoms with Gasteiger partial charge < -0.3 is 4.90 Å². The Balaban J connectivity index is 1.57. The summed E-state index contributed by atoms with van der Waals surface area (Å²) in [6, 6.07) is 9.07. The zero-order chi connectivity index (χ0) is 21.2. The molecule has 1 aliphatic heterocycles. The molecule has 156 valence electrons. The normalized spacial score (nSPS) is 16.6. The molecule has 0 N–H and O–H groups in total. The Morgan fingerprint density at radius 2 is 1.79 bits per heavy atom. The van der Waals surface area contributed by atoms with Crippen LogP contribution in [0.1, 0.15) is 6.92 Å². The number of carbonyl (C=O) groups is 1. The Morgan fingerprint density at radius 1 is 1.17 bits per heavy atom. The second kappa shape index (κ2) is 9.00. The van der Waals surface area contributed by atoms with Crippen molar-refractivity contribution in [3.63, 3.8) is 0 Å². The van der Waals surface area contributed by atoms with Crippen LogP contribution in [0.2, 0.25) is 4.34 Å². The molecule has 29 heavy (non-hydrogen) atoms. The zero-order valence-corrected chi connectivity index (χ0v) is 18.6. The smallest absolute Gasteiger partial charge is 0.269 e. The zero-order valence-electron chi connectivity index (χ0n) is 15.4. The van der Waals surface area contributed by atoms with Crippen molar-refractivity contribution < 1.29 is 18.1 Å². The molecule has 2 aromatic rings. The summed E-state index contributed by atoms with van der Waals surface area (Å²) in [6.07, 6.45) is 0. The summed E-state index contributed by atoms with van der Waals surface area (Å²) in [7, 11) is -3.60. The van der Waals surface area contributed by atoms with Crippen molar-refractivity contribution in [3.8, 4) is 0 Å². The van der Waals surface area contributed by atoms with E-state index in [2.05, 4.69) is 0 Å². The number of hydrogen-bond donors (Lipinski definition) is 0. The van der Waals surface area contributed by atoms with Gasteiger partial charge in [-0.05, 0) is 31.2 Å². The number of thioether (sulfide) groups is 1. The van der Waals surface area contributed by atoms with Gasteiger partial charge in [-0.25, -0.2) is 8.42 Å². The van der Waals surface area contributed by atoms with E-state index < -0.39 is 20.2 Å². The highest BCUT2D eigenvalue weighted by Crippen LogP contribution is 2.30. The van der Waals surface area contributed by atoms with Crippen molar-refractivity contribution in [1.29, 1.82) is 0 Å². The second-order valence-electron chi connectivity index (χ2n) is 6.30. The van der Waals surface area contributed by atoms with Gasteiger partial charge >= 0.3 is 0 Å². The predicted molar refractivity (Wildman–Crippen MR) is 113 cm³/mol. The average molecular weight is 476 g/mol. The number of thiophene rings is 1. The number of amides is 1. The third kappa shape index (κ3) is 5.10. The number of benzene rings is 1. The number of piperazine rings is 1. The molecule has 1 amide bonds. The molecular weight excluding hydrogens is 458 g/mol. The van der Waals surface area contributed by atoms with Gasteiger partial charge in [-0.3, -0.25) is 14.9 Å². The molecule has 0 radical (unpaired) electrons. The molecule has 1 atom stereocenters. The molecule has 0 bridgehead atoms. The average Bonchev–Trinajstić information content (AvgIpc) is 3.15. The topological polar surface area (TPSA) is 101 Å². The minimum Gasteiger partial charge on any atom is -0.339 e. The standard InChI is InChI=1S/C17H18ClN3O5S3/c1-12(27-14-4-2-13(3-5-14)21(23)24)17(22)19-8-10-20(11-9-19)29(25,26)16-7-6-15(18)28-16/h2-7,12H,8-11H2,1H3. The number of carbonyl (C=O) groups excluding carboxylic acids is 1. The highest BCUT2D eigenvalue weighted by molar-refractivity contribution is 8.00. The molecule has 8 nitrogen and oxygen atoms in total. The molecule has 1 aromatic carbocycles. The number of hydrogen-bond acceptors (Lipinski definition) is 7. The van der Waals surface area contributed by atoms with E-state index in [1.54, 1.807) is 30.0 Å². The minimum atomic E-state index is -3.60. The van der Waals surface area contributed by atoms with Gasteiger partial charge in [0, 0.05) is 43.2 Å². The summed E-state index contributed by atoms with van der Waals surface area (Å²) in [5.41, 5.74) is -0.00214.